The lowest BCUT2D eigenvalue weighted by Gasteiger charge is -2.15. The molecule has 0 spiro atoms. The number of thiazole rings is 1. The second kappa shape index (κ2) is 4.66. The summed E-state index contributed by atoms with van der Waals surface area (Å²) in [6, 6.07) is 5.79. The van der Waals surface area contributed by atoms with Crippen LogP contribution in [0.25, 0.3) is 10.2 Å². The van der Waals surface area contributed by atoms with Crippen molar-refractivity contribution in [3.63, 3.8) is 0 Å². The van der Waals surface area contributed by atoms with Gasteiger partial charge in [0.1, 0.15) is 0 Å². The molecular formula is C13H15N3OS. The second-order valence-corrected chi connectivity index (χ2v) is 5.61. The van der Waals surface area contributed by atoms with Crippen LogP contribution >= 0.6 is 11.3 Å². The minimum atomic E-state index is -0.0397. The molecule has 0 saturated heterocycles. The van der Waals surface area contributed by atoms with Crippen LogP contribution in [0.5, 0.6) is 0 Å². The molecule has 2 aromatic rings. The van der Waals surface area contributed by atoms with E-state index in [2.05, 4.69) is 10.3 Å². The molecule has 1 amide bonds. The Morgan fingerprint density at radius 3 is 3.11 bits per heavy atom. The highest BCUT2D eigenvalue weighted by molar-refractivity contribution is 7.16. The number of hydrogen-bond acceptors (Lipinski definition) is 4. The van der Waals surface area contributed by atoms with E-state index < -0.39 is 0 Å². The van der Waals surface area contributed by atoms with Crippen molar-refractivity contribution in [1.82, 2.24) is 4.98 Å². The smallest absolute Gasteiger partial charge is 0.229 e. The lowest BCUT2D eigenvalue weighted by molar-refractivity contribution is -0.120. The molecule has 3 rings (SSSR count). The Labute approximate surface area is 109 Å². The number of nitrogens with two attached hydrogens (primary N) is 1. The zero-order valence-electron chi connectivity index (χ0n) is 9.93. The summed E-state index contributed by atoms with van der Waals surface area (Å²) in [5, 5.41) is 2.96. The minimum absolute atomic E-state index is 0.0112. The molecule has 1 aliphatic carbocycles. The predicted molar refractivity (Wildman–Crippen MR) is 73.6 cm³/mol. The monoisotopic (exact) mass is 261 g/mol. The zero-order valence-corrected chi connectivity index (χ0v) is 10.7. The van der Waals surface area contributed by atoms with Gasteiger partial charge in [-0.1, -0.05) is 6.42 Å². The van der Waals surface area contributed by atoms with Crippen LogP contribution in [0.3, 0.4) is 0 Å². The molecule has 2 unspecified atom stereocenters. The summed E-state index contributed by atoms with van der Waals surface area (Å²) in [5.74, 6) is 0.00558. The number of carbonyl (C=O) groups excluding carboxylic acids is 1. The first-order valence-electron chi connectivity index (χ1n) is 6.14. The molecule has 4 nitrogen and oxygen atoms in total. The first kappa shape index (κ1) is 11.6. The fourth-order valence-electron chi connectivity index (χ4n) is 2.48. The summed E-state index contributed by atoms with van der Waals surface area (Å²) in [7, 11) is 0. The van der Waals surface area contributed by atoms with E-state index in [0.29, 0.717) is 0 Å². The van der Waals surface area contributed by atoms with Crippen LogP contribution in [0.1, 0.15) is 19.3 Å². The molecule has 1 saturated carbocycles. The fraction of sp³-hybridized carbons (Fsp3) is 0.385. The van der Waals surface area contributed by atoms with E-state index in [1.54, 1.807) is 11.3 Å². The van der Waals surface area contributed by atoms with Crippen molar-refractivity contribution in [2.24, 2.45) is 11.7 Å². The molecule has 0 radical (unpaired) electrons. The standard InChI is InChI=1S/C13H15N3OS/c14-10-3-1-2-9(10)13(17)16-8-4-5-11-12(6-8)18-7-15-11/h4-7,9-10H,1-3,14H2,(H,16,17). The molecule has 1 aromatic heterocycles. The molecular weight excluding hydrogens is 246 g/mol. The minimum Gasteiger partial charge on any atom is -0.327 e. The Morgan fingerprint density at radius 2 is 2.33 bits per heavy atom. The number of rotatable bonds is 2. The van der Waals surface area contributed by atoms with Crippen molar-refractivity contribution in [3.8, 4) is 0 Å². The first-order chi connectivity index (χ1) is 8.74. The highest BCUT2D eigenvalue weighted by Crippen LogP contribution is 2.26. The highest BCUT2D eigenvalue weighted by atomic mass is 32.1. The fourth-order valence-corrected chi connectivity index (χ4v) is 3.20. The van der Waals surface area contributed by atoms with Crippen LogP contribution in [-0.4, -0.2) is 16.9 Å². The van der Waals surface area contributed by atoms with Crippen LogP contribution in [0.15, 0.2) is 23.7 Å². The summed E-state index contributed by atoms with van der Waals surface area (Å²) in [6.45, 7) is 0. The van der Waals surface area contributed by atoms with Gasteiger partial charge >= 0.3 is 0 Å². The largest absolute Gasteiger partial charge is 0.327 e. The van der Waals surface area contributed by atoms with Crippen LogP contribution in [0.4, 0.5) is 5.69 Å². The number of aromatic nitrogens is 1. The molecule has 1 aromatic carbocycles. The van der Waals surface area contributed by atoms with Gasteiger partial charge < -0.3 is 11.1 Å². The molecule has 18 heavy (non-hydrogen) atoms. The zero-order chi connectivity index (χ0) is 12.5. The number of carbonyl (C=O) groups is 1. The number of nitrogens with one attached hydrogen (secondary N) is 1. The summed E-state index contributed by atoms with van der Waals surface area (Å²) in [5.41, 5.74) is 9.55. The third-order valence-electron chi connectivity index (χ3n) is 3.50. The number of benzene rings is 1. The molecule has 1 heterocycles. The number of nitrogens with zero attached hydrogens (tertiary/aromatic N) is 1. The molecule has 0 bridgehead atoms. The van der Waals surface area contributed by atoms with Gasteiger partial charge in [-0.15, -0.1) is 11.3 Å². The van der Waals surface area contributed by atoms with Crippen LogP contribution in [0, 0.1) is 5.92 Å². The topological polar surface area (TPSA) is 68.0 Å². The van der Waals surface area contributed by atoms with E-state index in [1.807, 2.05) is 23.7 Å². The van der Waals surface area contributed by atoms with E-state index in [-0.39, 0.29) is 17.9 Å². The normalized spacial score (nSPS) is 23.4. The van der Waals surface area contributed by atoms with Gasteiger partial charge in [0.25, 0.3) is 0 Å². The molecule has 1 aliphatic rings. The average Bonchev–Trinajstić information content (AvgIpc) is 2.96. The quantitative estimate of drug-likeness (QED) is 0.872. The maximum absolute atomic E-state index is 12.1. The highest BCUT2D eigenvalue weighted by Gasteiger charge is 2.30. The predicted octanol–water partition coefficient (Wildman–Crippen LogP) is 2.36. The van der Waals surface area contributed by atoms with Crippen molar-refractivity contribution in [1.29, 1.82) is 0 Å². The van der Waals surface area contributed by atoms with Crippen molar-refractivity contribution < 1.29 is 4.79 Å². The van der Waals surface area contributed by atoms with Crippen LogP contribution < -0.4 is 11.1 Å². The van der Waals surface area contributed by atoms with Gasteiger partial charge in [0.15, 0.2) is 0 Å². The molecule has 0 aliphatic heterocycles. The van der Waals surface area contributed by atoms with Gasteiger partial charge in [0.2, 0.25) is 5.91 Å². The third kappa shape index (κ3) is 2.11. The van der Waals surface area contributed by atoms with Gasteiger partial charge in [-0.2, -0.15) is 0 Å². The van der Waals surface area contributed by atoms with E-state index in [4.69, 9.17) is 5.73 Å². The Kier molecular flexibility index (Phi) is 3.01. The summed E-state index contributed by atoms with van der Waals surface area (Å²) < 4.78 is 1.09. The maximum Gasteiger partial charge on any atom is 0.229 e. The molecule has 1 fully saturated rings. The van der Waals surface area contributed by atoms with Gasteiger partial charge in [-0.3, -0.25) is 4.79 Å². The van der Waals surface area contributed by atoms with Gasteiger partial charge in [-0.25, -0.2) is 4.98 Å². The van der Waals surface area contributed by atoms with Gasteiger partial charge in [0, 0.05) is 11.7 Å². The van der Waals surface area contributed by atoms with E-state index in [9.17, 15) is 4.79 Å². The number of hydrogen-bond donors (Lipinski definition) is 2. The SMILES string of the molecule is NC1CCCC1C(=O)Nc1ccc2ncsc2c1. The van der Waals surface area contributed by atoms with Crippen LogP contribution in [0.2, 0.25) is 0 Å². The van der Waals surface area contributed by atoms with E-state index >= 15 is 0 Å². The van der Waals surface area contributed by atoms with E-state index in [1.165, 1.54) is 0 Å². The van der Waals surface area contributed by atoms with E-state index in [0.717, 1.165) is 35.2 Å². The molecule has 94 valence electrons. The summed E-state index contributed by atoms with van der Waals surface area (Å²) >= 11 is 1.57. The Hall–Kier alpha value is -1.46. The van der Waals surface area contributed by atoms with Crippen molar-refractivity contribution in [2.75, 3.05) is 5.32 Å². The van der Waals surface area contributed by atoms with Crippen LogP contribution in [-0.2, 0) is 4.79 Å². The second-order valence-electron chi connectivity index (χ2n) is 4.73. The Morgan fingerprint density at radius 1 is 1.44 bits per heavy atom. The lowest BCUT2D eigenvalue weighted by Crippen LogP contribution is -2.34. The number of amides is 1. The van der Waals surface area contributed by atoms with Crippen molar-refractivity contribution in [2.45, 2.75) is 25.3 Å². The van der Waals surface area contributed by atoms with Gasteiger partial charge in [-0.05, 0) is 31.0 Å². The van der Waals surface area contributed by atoms with Crippen molar-refractivity contribution >= 4 is 33.1 Å². The molecule has 5 heteroatoms. The third-order valence-corrected chi connectivity index (χ3v) is 4.30. The number of anilines is 1. The first-order valence-corrected chi connectivity index (χ1v) is 7.02. The summed E-state index contributed by atoms with van der Waals surface area (Å²) in [4.78, 5) is 16.3. The maximum atomic E-state index is 12.1. The Bertz CT molecular complexity index is 580. The Balaban J connectivity index is 1.77. The lowest BCUT2D eigenvalue weighted by atomic mass is 10.0. The summed E-state index contributed by atoms with van der Waals surface area (Å²) in [6.07, 6.45) is 2.90. The average molecular weight is 261 g/mol. The van der Waals surface area contributed by atoms with Gasteiger partial charge in [0.05, 0.1) is 21.6 Å². The van der Waals surface area contributed by atoms with Crippen molar-refractivity contribution in [3.05, 3.63) is 23.7 Å². The molecule has 2 atom stereocenters. The molecule has 3 N–H and O–H groups in total. The number of fused-ring (bicyclic) bond motifs is 1.